The van der Waals surface area contributed by atoms with E-state index in [0.717, 1.165) is 0 Å². The fraction of sp³-hybridized carbons (Fsp3) is 0.263. The highest BCUT2D eigenvalue weighted by molar-refractivity contribution is 5.98. The zero-order chi connectivity index (χ0) is 19.6. The third-order valence-corrected chi connectivity index (χ3v) is 3.58. The molecule has 0 aliphatic carbocycles. The van der Waals surface area contributed by atoms with Gasteiger partial charge < -0.3 is 30.0 Å². The van der Waals surface area contributed by atoms with Gasteiger partial charge in [0.15, 0.2) is 18.1 Å². The summed E-state index contributed by atoms with van der Waals surface area (Å²) < 4.78 is 15.4. The lowest BCUT2D eigenvalue weighted by Crippen LogP contribution is -2.21. The van der Waals surface area contributed by atoms with Crippen LogP contribution in [0.25, 0.3) is 0 Å². The Morgan fingerprint density at radius 2 is 1.78 bits per heavy atom. The average molecular weight is 374 g/mol. The Morgan fingerprint density at radius 1 is 1.04 bits per heavy atom. The Labute approximate surface area is 157 Å². The molecule has 144 valence electrons. The summed E-state index contributed by atoms with van der Waals surface area (Å²) in [4.78, 5) is 24.3. The van der Waals surface area contributed by atoms with E-state index in [4.69, 9.17) is 19.3 Å². The maximum atomic E-state index is 12.2. The topological polar surface area (TPSA) is 106 Å². The Kier molecular flexibility index (Phi) is 7.45. The first-order valence-electron chi connectivity index (χ1n) is 8.21. The minimum atomic E-state index is -0.640. The van der Waals surface area contributed by atoms with Crippen LogP contribution in [0.5, 0.6) is 11.5 Å². The van der Waals surface area contributed by atoms with E-state index in [1.165, 1.54) is 14.2 Å². The molecule has 0 fully saturated rings. The molecule has 2 aromatic carbocycles. The molecule has 0 radical (unpaired) electrons. The molecule has 0 atom stereocenters. The number of hydrogen-bond acceptors (Lipinski definition) is 7. The highest BCUT2D eigenvalue weighted by Gasteiger charge is 2.14. The molecular weight excluding hydrogens is 352 g/mol. The van der Waals surface area contributed by atoms with Gasteiger partial charge in [-0.1, -0.05) is 12.1 Å². The molecule has 2 aromatic rings. The lowest BCUT2D eigenvalue weighted by atomic mass is 10.2. The van der Waals surface area contributed by atoms with Gasteiger partial charge in [0.05, 0.1) is 26.4 Å². The molecule has 0 saturated heterocycles. The summed E-state index contributed by atoms with van der Waals surface area (Å²) in [6, 6.07) is 11.6. The zero-order valence-electron chi connectivity index (χ0n) is 15.2. The van der Waals surface area contributed by atoms with E-state index in [1.54, 1.807) is 42.5 Å². The average Bonchev–Trinajstić information content (AvgIpc) is 2.70. The second-order valence-electron chi connectivity index (χ2n) is 5.39. The molecule has 0 bridgehead atoms. The van der Waals surface area contributed by atoms with Crippen LogP contribution in [0.15, 0.2) is 42.5 Å². The first-order valence-corrected chi connectivity index (χ1v) is 8.21. The van der Waals surface area contributed by atoms with Crippen LogP contribution in [-0.2, 0) is 9.53 Å². The fourth-order valence-electron chi connectivity index (χ4n) is 2.33. The van der Waals surface area contributed by atoms with Crippen LogP contribution >= 0.6 is 0 Å². The number of carbonyl (C=O) groups is 2. The zero-order valence-corrected chi connectivity index (χ0v) is 15.2. The number of hydrogen-bond donors (Lipinski definition) is 3. The maximum absolute atomic E-state index is 12.2. The number of nitrogens with one attached hydrogen (secondary N) is 2. The summed E-state index contributed by atoms with van der Waals surface area (Å²) in [5.74, 6) is -0.125. The number of aliphatic hydroxyl groups excluding tert-OH is 1. The number of benzene rings is 2. The van der Waals surface area contributed by atoms with Gasteiger partial charge in [0, 0.05) is 24.0 Å². The standard InChI is InChI=1S/C19H22N2O6/c1-25-16-8-7-13(11-17(16)26-2)21-18(23)12-27-19(24)14-5-3-4-6-15(14)20-9-10-22/h3-8,11,20,22H,9-10,12H2,1-2H3,(H,21,23). The SMILES string of the molecule is COc1ccc(NC(=O)COC(=O)c2ccccc2NCCO)cc1OC. The quantitative estimate of drug-likeness (QED) is 0.576. The van der Waals surface area contributed by atoms with E-state index in [2.05, 4.69) is 10.6 Å². The number of ether oxygens (including phenoxy) is 3. The normalized spacial score (nSPS) is 10.0. The molecule has 0 unspecified atom stereocenters. The van der Waals surface area contributed by atoms with Crippen molar-refractivity contribution < 1.29 is 28.9 Å². The summed E-state index contributed by atoms with van der Waals surface area (Å²) in [5, 5.41) is 14.4. The number of aliphatic hydroxyl groups is 1. The molecule has 2 rings (SSSR count). The minimum absolute atomic E-state index is 0.0723. The van der Waals surface area contributed by atoms with Crippen molar-refractivity contribution in [1.29, 1.82) is 0 Å². The van der Waals surface area contributed by atoms with Crippen molar-refractivity contribution in [3.05, 3.63) is 48.0 Å². The molecule has 0 aliphatic rings. The van der Waals surface area contributed by atoms with Crippen LogP contribution in [0, 0.1) is 0 Å². The third-order valence-electron chi connectivity index (χ3n) is 3.58. The molecule has 8 nitrogen and oxygen atoms in total. The van der Waals surface area contributed by atoms with Gasteiger partial charge in [0.2, 0.25) is 0 Å². The smallest absolute Gasteiger partial charge is 0.340 e. The summed E-state index contributed by atoms with van der Waals surface area (Å²) in [7, 11) is 3.01. The lowest BCUT2D eigenvalue weighted by Gasteiger charge is -2.12. The molecule has 8 heteroatoms. The molecular formula is C19H22N2O6. The predicted molar refractivity (Wildman–Crippen MR) is 100 cm³/mol. The molecule has 0 aliphatic heterocycles. The van der Waals surface area contributed by atoms with Crippen molar-refractivity contribution >= 4 is 23.3 Å². The maximum Gasteiger partial charge on any atom is 0.340 e. The predicted octanol–water partition coefficient (Wildman–Crippen LogP) is 1.90. The first kappa shape index (κ1) is 20.1. The molecule has 0 spiro atoms. The van der Waals surface area contributed by atoms with Gasteiger partial charge in [-0.3, -0.25) is 4.79 Å². The number of anilines is 2. The molecule has 0 aromatic heterocycles. The van der Waals surface area contributed by atoms with Gasteiger partial charge in [-0.15, -0.1) is 0 Å². The highest BCUT2D eigenvalue weighted by atomic mass is 16.5. The van der Waals surface area contributed by atoms with Crippen LogP contribution < -0.4 is 20.1 Å². The van der Waals surface area contributed by atoms with Gasteiger partial charge >= 0.3 is 5.97 Å². The summed E-state index contributed by atoms with van der Waals surface area (Å²) in [6.07, 6.45) is 0. The van der Waals surface area contributed by atoms with E-state index in [9.17, 15) is 9.59 Å². The first-order chi connectivity index (χ1) is 13.1. The van der Waals surface area contributed by atoms with Crippen molar-refractivity contribution in [1.82, 2.24) is 0 Å². The van der Waals surface area contributed by atoms with E-state index >= 15 is 0 Å². The number of rotatable bonds is 9. The van der Waals surface area contributed by atoms with E-state index in [0.29, 0.717) is 29.4 Å². The van der Waals surface area contributed by atoms with Gasteiger partial charge in [0.25, 0.3) is 5.91 Å². The van der Waals surface area contributed by atoms with Crippen LogP contribution in [0.1, 0.15) is 10.4 Å². The van der Waals surface area contributed by atoms with Crippen LogP contribution in [0.3, 0.4) is 0 Å². The Balaban J connectivity index is 1.95. The number of amides is 1. The minimum Gasteiger partial charge on any atom is -0.493 e. The Hall–Kier alpha value is -3.26. The number of para-hydroxylation sites is 1. The van der Waals surface area contributed by atoms with Gasteiger partial charge in [0.1, 0.15) is 0 Å². The molecule has 27 heavy (non-hydrogen) atoms. The van der Waals surface area contributed by atoms with E-state index in [-0.39, 0.29) is 12.2 Å². The second-order valence-corrected chi connectivity index (χ2v) is 5.39. The number of methoxy groups -OCH3 is 2. The van der Waals surface area contributed by atoms with Crippen molar-refractivity contribution in [2.75, 3.05) is 44.6 Å². The van der Waals surface area contributed by atoms with Crippen molar-refractivity contribution in [3.63, 3.8) is 0 Å². The molecule has 3 N–H and O–H groups in total. The van der Waals surface area contributed by atoms with Crippen LogP contribution in [0.2, 0.25) is 0 Å². The van der Waals surface area contributed by atoms with Crippen LogP contribution in [-0.4, -0.2) is 51.0 Å². The van der Waals surface area contributed by atoms with E-state index < -0.39 is 18.5 Å². The summed E-state index contributed by atoms with van der Waals surface area (Å²) >= 11 is 0. The second kappa shape index (κ2) is 10.0. The van der Waals surface area contributed by atoms with Gasteiger partial charge in [-0.05, 0) is 24.3 Å². The van der Waals surface area contributed by atoms with Gasteiger partial charge in [-0.2, -0.15) is 0 Å². The lowest BCUT2D eigenvalue weighted by molar-refractivity contribution is -0.119. The van der Waals surface area contributed by atoms with E-state index in [1.807, 2.05) is 0 Å². The molecule has 0 saturated carbocycles. The molecule has 1 amide bonds. The van der Waals surface area contributed by atoms with Gasteiger partial charge in [-0.25, -0.2) is 4.79 Å². The third kappa shape index (κ3) is 5.61. The fourth-order valence-corrected chi connectivity index (χ4v) is 2.33. The number of esters is 1. The largest absolute Gasteiger partial charge is 0.493 e. The van der Waals surface area contributed by atoms with Crippen molar-refractivity contribution in [2.24, 2.45) is 0 Å². The van der Waals surface area contributed by atoms with Crippen LogP contribution in [0.4, 0.5) is 11.4 Å². The summed E-state index contributed by atoms with van der Waals surface area (Å²) in [5.41, 5.74) is 1.29. The Morgan fingerprint density at radius 3 is 2.48 bits per heavy atom. The van der Waals surface area contributed by atoms with Crippen molar-refractivity contribution in [2.45, 2.75) is 0 Å². The highest BCUT2D eigenvalue weighted by Crippen LogP contribution is 2.29. The Bertz CT molecular complexity index is 794. The molecule has 0 heterocycles. The summed E-state index contributed by atoms with van der Waals surface area (Å²) in [6.45, 7) is -0.220. The number of carbonyl (C=O) groups excluding carboxylic acids is 2. The monoisotopic (exact) mass is 374 g/mol. The van der Waals surface area contributed by atoms with Crippen molar-refractivity contribution in [3.8, 4) is 11.5 Å².